The van der Waals surface area contributed by atoms with Crippen molar-refractivity contribution in [3.63, 3.8) is 0 Å². The van der Waals surface area contributed by atoms with Crippen LogP contribution < -0.4 is 5.73 Å². The highest BCUT2D eigenvalue weighted by Gasteiger charge is 2.40. The second kappa shape index (κ2) is 4.00. The first-order valence-electron chi connectivity index (χ1n) is 5.21. The van der Waals surface area contributed by atoms with Crippen molar-refractivity contribution in [3.8, 4) is 0 Å². The quantitative estimate of drug-likeness (QED) is 0.744. The molecule has 0 aromatic carbocycles. The van der Waals surface area contributed by atoms with Gasteiger partial charge in [-0.2, -0.15) is 0 Å². The van der Waals surface area contributed by atoms with Crippen LogP contribution in [0.3, 0.4) is 0 Å². The van der Waals surface area contributed by atoms with E-state index in [2.05, 4.69) is 21.4 Å². The summed E-state index contributed by atoms with van der Waals surface area (Å²) in [6, 6.07) is -0.765. The SMILES string of the molecule is CC(C)(O)c1coc(C[N+]2(C(N)=O)N=[C]C=N2)n1. The van der Waals surface area contributed by atoms with E-state index in [-0.39, 0.29) is 12.4 Å². The highest BCUT2D eigenvalue weighted by atomic mass is 16.3. The summed E-state index contributed by atoms with van der Waals surface area (Å²) in [4.78, 5) is 15.4. The molecule has 0 bridgehead atoms. The lowest BCUT2D eigenvalue weighted by atomic mass is 10.1. The zero-order chi connectivity index (χ0) is 13.4. The number of rotatable bonds is 3. The molecule has 1 aliphatic rings. The molecule has 1 aliphatic heterocycles. The summed E-state index contributed by atoms with van der Waals surface area (Å²) in [6.45, 7) is 3.09. The highest BCUT2D eigenvalue weighted by Crippen LogP contribution is 2.22. The van der Waals surface area contributed by atoms with Crippen molar-refractivity contribution in [2.45, 2.75) is 26.0 Å². The molecule has 8 nitrogen and oxygen atoms in total. The summed E-state index contributed by atoms with van der Waals surface area (Å²) in [5, 5.41) is 17.3. The molecule has 8 heteroatoms. The van der Waals surface area contributed by atoms with Gasteiger partial charge in [0.15, 0.2) is 6.21 Å². The molecule has 1 aromatic heterocycles. The first-order valence-corrected chi connectivity index (χ1v) is 5.21. The van der Waals surface area contributed by atoms with Crippen LogP contribution in [0.2, 0.25) is 0 Å². The Hall–Kier alpha value is -2.06. The van der Waals surface area contributed by atoms with Gasteiger partial charge < -0.3 is 15.3 Å². The van der Waals surface area contributed by atoms with Crippen LogP contribution in [0.25, 0.3) is 0 Å². The van der Waals surface area contributed by atoms with Crippen molar-refractivity contribution in [2.24, 2.45) is 15.9 Å². The van der Waals surface area contributed by atoms with Gasteiger partial charge in [-0.3, -0.25) is 0 Å². The summed E-state index contributed by atoms with van der Waals surface area (Å²) >= 11 is 0. The van der Waals surface area contributed by atoms with Crippen LogP contribution in [0.1, 0.15) is 25.4 Å². The molecule has 3 N–H and O–H groups in total. The third-order valence-corrected chi connectivity index (χ3v) is 2.42. The van der Waals surface area contributed by atoms with Crippen molar-refractivity contribution in [2.75, 3.05) is 0 Å². The molecule has 2 amide bonds. The fraction of sp³-hybridized carbons (Fsp3) is 0.400. The number of carbonyl (C=O) groups is 1. The molecule has 0 saturated carbocycles. The number of aromatic nitrogens is 1. The molecule has 2 heterocycles. The van der Waals surface area contributed by atoms with E-state index in [1.165, 1.54) is 12.5 Å². The molecule has 1 atom stereocenters. The third kappa shape index (κ3) is 2.15. The van der Waals surface area contributed by atoms with E-state index in [1.807, 2.05) is 0 Å². The lowest BCUT2D eigenvalue weighted by molar-refractivity contribution is -0.874. The molecule has 0 saturated heterocycles. The Balaban J connectivity index is 2.24. The zero-order valence-corrected chi connectivity index (χ0v) is 9.99. The van der Waals surface area contributed by atoms with Crippen LogP contribution in [0.15, 0.2) is 20.9 Å². The van der Waals surface area contributed by atoms with E-state index in [9.17, 15) is 9.90 Å². The van der Waals surface area contributed by atoms with Gasteiger partial charge in [-0.1, -0.05) is 0 Å². The lowest BCUT2D eigenvalue weighted by Crippen LogP contribution is -2.45. The van der Waals surface area contributed by atoms with Gasteiger partial charge in [-0.15, -0.1) is 0 Å². The van der Waals surface area contributed by atoms with Gasteiger partial charge in [0.1, 0.15) is 23.8 Å². The van der Waals surface area contributed by atoms with Crippen LogP contribution in [0.4, 0.5) is 4.79 Å². The standard InChI is InChI=1S/C10H12N5O3/c1-10(2,17)7-6-18-8(14-7)5-15(9(11)16)12-3-4-13-15/h3,6,17H,5H2,1-2H3,(H-,11,16)/p+1. The summed E-state index contributed by atoms with van der Waals surface area (Å²) < 4.78 is 4.46. The monoisotopic (exact) mass is 251 g/mol. The summed E-state index contributed by atoms with van der Waals surface area (Å²) in [7, 11) is 0. The lowest BCUT2D eigenvalue weighted by Gasteiger charge is -2.15. The van der Waals surface area contributed by atoms with E-state index in [0.717, 1.165) is 0 Å². The predicted molar refractivity (Wildman–Crippen MR) is 61.2 cm³/mol. The number of carbonyl (C=O) groups excluding carboxylic acids is 1. The van der Waals surface area contributed by atoms with Gasteiger partial charge in [-0.25, -0.2) is 9.78 Å². The minimum atomic E-state index is -1.12. The van der Waals surface area contributed by atoms with Crippen LogP contribution in [-0.2, 0) is 12.1 Å². The number of quaternary nitrogens is 1. The summed E-state index contributed by atoms with van der Waals surface area (Å²) in [6.07, 6.45) is 5.01. The van der Waals surface area contributed by atoms with Crippen LogP contribution in [0.5, 0.6) is 0 Å². The Bertz CT molecular complexity index is 514. The Kier molecular flexibility index (Phi) is 2.76. The summed E-state index contributed by atoms with van der Waals surface area (Å²) in [5.74, 6) is 0.204. The van der Waals surface area contributed by atoms with E-state index in [1.54, 1.807) is 13.8 Å². The Labute approximate surface area is 103 Å². The molecule has 1 unspecified atom stereocenters. The molecule has 1 radical (unpaired) electrons. The average Bonchev–Trinajstić information content (AvgIpc) is 2.86. The van der Waals surface area contributed by atoms with Gasteiger partial charge in [0, 0.05) is 4.70 Å². The molecular weight excluding hydrogens is 238 g/mol. The van der Waals surface area contributed by atoms with Crippen molar-refractivity contribution < 1.29 is 19.0 Å². The molecule has 95 valence electrons. The molecule has 0 fully saturated rings. The number of urea groups is 1. The molecular formula is C10H13N5O3+. The second-order valence-electron chi connectivity index (χ2n) is 4.39. The Morgan fingerprint density at radius 3 is 2.83 bits per heavy atom. The molecule has 2 rings (SSSR count). The van der Waals surface area contributed by atoms with Crippen LogP contribution in [-0.4, -0.2) is 33.3 Å². The minimum absolute atomic E-state index is 0.0606. The maximum atomic E-state index is 11.4. The van der Waals surface area contributed by atoms with E-state index < -0.39 is 16.3 Å². The Morgan fingerprint density at radius 1 is 1.67 bits per heavy atom. The smallest absolute Gasteiger partial charge is 0.443 e. The first kappa shape index (κ1) is 12.4. The number of primary amides is 1. The molecule has 0 aliphatic carbocycles. The van der Waals surface area contributed by atoms with Crippen LogP contribution in [0, 0.1) is 0 Å². The maximum absolute atomic E-state index is 11.4. The van der Waals surface area contributed by atoms with E-state index in [0.29, 0.717) is 5.69 Å². The number of oxazole rings is 1. The van der Waals surface area contributed by atoms with E-state index in [4.69, 9.17) is 10.2 Å². The number of amides is 2. The van der Waals surface area contributed by atoms with Crippen molar-refractivity contribution in [1.82, 2.24) is 4.98 Å². The summed E-state index contributed by atoms with van der Waals surface area (Å²) in [5.41, 5.74) is 4.48. The molecule has 1 aromatic rings. The number of aliphatic hydroxyl groups is 1. The van der Waals surface area contributed by atoms with Gasteiger partial charge in [0.25, 0.3) is 5.89 Å². The number of hydrogen-bond acceptors (Lipinski definition) is 6. The minimum Gasteiger partial charge on any atom is -0.443 e. The normalized spacial score (nSPS) is 17.3. The van der Waals surface area contributed by atoms with Gasteiger partial charge in [0.2, 0.25) is 6.54 Å². The van der Waals surface area contributed by atoms with Crippen molar-refractivity contribution in [3.05, 3.63) is 17.8 Å². The first-order chi connectivity index (χ1) is 8.33. The number of hydrogen-bond donors (Lipinski definition) is 2. The molecule has 18 heavy (non-hydrogen) atoms. The van der Waals surface area contributed by atoms with Crippen molar-refractivity contribution >= 4 is 18.5 Å². The second-order valence-corrected chi connectivity index (χ2v) is 4.39. The fourth-order valence-corrected chi connectivity index (χ4v) is 1.38. The fourth-order valence-electron chi connectivity index (χ4n) is 1.38. The van der Waals surface area contributed by atoms with Gasteiger partial charge >= 0.3 is 6.03 Å². The van der Waals surface area contributed by atoms with E-state index >= 15 is 0 Å². The maximum Gasteiger partial charge on any atom is 0.468 e. The number of nitrogens with zero attached hydrogens (tertiary/aromatic N) is 4. The number of nitrogens with two attached hydrogens (primary N) is 1. The highest BCUT2D eigenvalue weighted by molar-refractivity contribution is 6.16. The third-order valence-electron chi connectivity index (χ3n) is 2.42. The Morgan fingerprint density at radius 2 is 2.39 bits per heavy atom. The van der Waals surface area contributed by atoms with Crippen LogP contribution >= 0.6 is 0 Å². The van der Waals surface area contributed by atoms with Crippen molar-refractivity contribution in [1.29, 1.82) is 0 Å². The topological polar surface area (TPSA) is 114 Å². The van der Waals surface area contributed by atoms with Gasteiger partial charge in [0.05, 0.1) is 0 Å². The largest absolute Gasteiger partial charge is 0.468 e. The zero-order valence-electron chi connectivity index (χ0n) is 9.99. The average molecular weight is 251 g/mol. The predicted octanol–water partition coefficient (Wildman–Crippen LogP) is 0.160. The van der Waals surface area contributed by atoms with Gasteiger partial charge in [-0.05, 0) is 24.1 Å². The molecule has 0 spiro atoms.